The Morgan fingerprint density at radius 1 is 1.27 bits per heavy atom. The molecule has 0 aromatic heterocycles. The highest BCUT2D eigenvalue weighted by molar-refractivity contribution is 5.92. The third-order valence-electron chi connectivity index (χ3n) is 3.75. The van der Waals surface area contributed by atoms with Crippen molar-refractivity contribution in [2.75, 3.05) is 38.2 Å². The van der Waals surface area contributed by atoms with E-state index in [-0.39, 0.29) is 11.8 Å². The predicted molar refractivity (Wildman–Crippen MR) is 86.8 cm³/mol. The van der Waals surface area contributed by atoms with E-state index in [4.69, 9.17) is 9.47 Å². The minimum Gasteiger partial charge on any atom is -0.379 e. The van der Waals surface area contributed by atoms with Gasteiger partial charge in [0, 0.05) is 18.2 Å². The van der Waals surface area contributed by atoms with Crippen molar-refractivity contribution in [3.8, 4) is 0 Å². The van der Waals surface area contributed by atoms with E-state index in [1.165, 1.54) is 0 Å². The largest absolute Gasteiger partial charge is 0.379 e. The monoisotopic (exact) mass is 306 g/mol. The van der Waals surface area contributed by atoms with Crippen molar-refractivity contribution in [3.05, 3.63) is 29.8 Å². The molecule has 0 radical (unpaired) electrons. The van der Waals surface area contributed by atoms with E-state index < -0.39 is 0 Å². The lowest BCUT2D eigenvalue weighted by atomic mass is 9.97. The van der Waals surface area contributed by atoms with E-state index in [2.05, 4.69) is 10.6 Å². The number of ether oxygens (including phenoxy) is 2. The molecule has 1 aliphatic heterocycles. The second-order valence-corrected chi connectivity index (χ2v) is 5.46. The number of rotatable bonds is 8. The molecule has 2 rings (SSSR count). The van der Waals surface area contributed by atoms with Gasteiger partial charge in [-0.05, 0) is 50.6 Å². The Morgan fingerprint density at radius 2 is 2.05 bits per heavy atom. The molecule has 1 amide bonds. The van der Waals surface area contributed by atoms with Crippen LogP contribution >= 0.6 is 0 Å². The topological polar surface area (TPSA) is 59.6 Å². The number of benzene rings is 1. The van der Waals surface area contributed by atoms with Gasteiger partial charge in [0.25, 0.3) is 0 Å². The van der Waals surface area contributed by atoms with Crippen LogP contribution in [0.3, 0.4) is 0 Å². The Bertz CT molecular complexity index is 459. The van der Waals surface area contributed by atoms with E-state index in [0.29, 0.717) is 26.4 Å². The first-order valence-electron chi connectivity index (χ1n) is 8.05. The Kier molecular flexibility index (Phi) is 7.36. The van der Waals surface area contributed by atoms with Crippen LogP contribution in [-0.2, 0) is 20.9 Å². The Morgan fingerprint density at radius 3 is 2.82 bits per heavy atom. The maximum absolute atomic E-state index is 12.2. The van der Waals surface area contributed by atoms with Crippen LogP contribution in [0.1, 0.15) is 25.3 Å². The molecule has 122 valence electrons. The predicted octanol–water partition coefficient (Wildman–Crippen LogP) is 2.18. The molecule has 0 atom stereocenters. The lowest BCUT2D eigenvalue weighted by Crippen LogP contribution is -2.34. The van der Waals surface area contributed by atoms with Gasteiger partial charge in [0.1, 0.15) is 0 Å². The summed E-state index contributed by atoms with van der Waals surface area (Å²) in [5.74, 6) is 0.239. The minimum atomic E-state index is 0.118. The van der Waals surface area contributed by atoms with Crippen LogP contribution in [0.25, 0.3) is 0 Å². The number of nitrogens with one attached hydrogen (secondary N) is 2. The molecule has 1 fully saturated rings. The molecule has 1 aliphatic rings. The molecule has 0 unspecified atom stereocenters. The summed E-state index contributed by atoms with van der Waals surface area (Å²) in [6.07, 6.45) is 1.82. The van der Waals surface area contributed by atoms with E-state index in [1.807, 2.05) is 31.2 Å². The average molecular weight is 306 g/mol. The van der Waals surface area contributed by atoms with E-state index >= 15 is 0 Å². The lowest BCUT2D eigenvalue weighted by Gasteiger charge is -2.21. The number of piperidine rings is 1. The first-order valence-corrected chi connectivity index (χ1v) is 8.05. The average Bonchev–Trinajstić information content (AvgIpc) is 2.56. The van der Waals surface area contributed by atoms with Crippen LogP contribution < -0.4 is 10.6 Å². The number of carbonyl (C=O) groups excluding carboxylic acids is 1. The molecule has 1 saturated heterocycles. The third-order valence-corrected chi connectivity index (χ3v) is 3.75. The second kappa shape index (κ2) is 9.56. The summed E-state index contributed by atoms with van der Waals surface area (Å²) in [4.78, 5) is 12.2. The molecule has 22 heavy (non-hydrogen) atoms. The van der Waals surface area contributed by atoms with Gasteiger partial charge in [-0.25, -0.2) is 0 Å². The summed E-state index contributed by atoms with van der Waals surface area (Å²) in [5.41, 5.74) is 1.90. The van der Waals surface area contributed by atoms with Crippen LogP contribution in [0.2, 0.25) is 0 Å². The summed E-state index contributed by atoms with van der Waals surface area (Å²) >= 11 is 0. The van der Waals surface area contributed by atoms with Gasteiger partial charge in [0.05, 0.1) is 19.8 Å². The van der Waals surface area contributed by atoms with Crippen LogP contribution in [0, 0.1) is 5.92 Å². The van der Waals surface area contributed by atoms with Crippen molar-refractivity contribution < 1.29 is 14.3 Å². The Labute approximate surface area is 132 Å². The first-order chi connectivity index (χ1) is 10.8. The maximum atomic E-state index is 12.2. The van der Waals surface area contributed by atoms with E-state index in [9.17, 15) is 4.79 Å². The molecule has 1 heterocycles. The fourth-order valence-corrected chi connectivity index (χ4v) is 2.52. The quantitative estimate of drug-likeness (QED) is 0.723. The molecular formula is C17H26N2O3. The molecule has 0 spiro atoms. The SMILES string of the molecule is CCOCCOCc1cccc(NC(=O)C2CCNCC2)c1. The molecule has 5 nitrogen and oxygen atoms in total. The molecule has 0 bridgehead atoms. The van der Waals surface area contributed by atoms with Gasteiger partial charge in [-0.1, -0.05) is 12.1 Å². The van der Waals surface area contributed by atoms with Crippen LogP contribution in [0.5, 0.6) is 0 Å². The van der Waals surface area contributed by atoms with Gasteiger partial charge in [-0.2, -0.15) is 0 Å². The van der Waals surface area contributed by atoms with Gasteiger partial charge < -0.3 is 20.1 Å². The zero-order chi connectivity index (χ0) is 15.6. The lowest BCUT2D eigenvalue weighted by molar-refractivity contribution is -0.120. The Hall–Kier alpha value is -1.43. The Balaban J connectivity index is 1.78. The molecule has 1 aromatic rings. The van der Waals surface area contributed by atoms with Crippen molar-refractivity contribution in [1.82, 2.24) is 5.32 Å². The van der Waals surface area contributed by atoms with E-state index in [1.54, 1.807) is 0 Å². The summed E-state index contributed by atoms with van der Waals surface area (Å²) in [6.45, 7) is 6.25. The van der Waals surface area contributed by atoms with Crippen molar-refractivity contribution in [2.24, 2.45) is 5.92 Å². The number of hydrogen-bond donors (Lipinski definition) is 2. The number of amides is 1. The highest BCUT2D eigenvalue weighted by Crippen LogP contribution is 2.17. The summed E-state index contributed by atoms with van der Waals surface area (Å²) in [5, 5.41) is 6.29. The molecule has 0 aliphatic carbocycles. The van der Waals surface area contributed by atoms with Crippen LogP contribution in [0.15, 0.2) is 24.3 Å². The van der Waals surface area contributed by atoms with Crippen molar-refractivity contribution in [1.29, 1.82) is 0 Å². The van der Waals surface area contributed by atoms with Crippen LogP contribution in [-0.4, -0.2) is 38.8 Å². The number of carbonyl (C=O) groups is 1. The highest BCUT2D eigenvalue weighted by Gasteiger charge is 2.20. The van der Waals surface area contributed by atoms with Gasteiger partial charge >= 0.3 is 0 Å². The highest BCUT2D eigenvalue weighted by atomic mass is 16.5. The molecular weight excluding hydrogens is 280 g/mol. The molecule has 5 heteroatoms. The second-order valence-electron chi connectivity index (χ2n) is 5.46. The van der Waals surface area contributed by atoms with Crippen LogP contribution in [0.4, 0.5) is 5.69 Å². The van der Waals surface area contributed by atoms with Gasteiger partial charge in [-0.3, -0.25) is 4.79 Å². The standard InChI is InChI=1S/C17H26N2O3/c1-2-21-10-11-22-13-14-4-3-5-16(12-14)19-17(20)15-6-8-18-9-7-15/h3-5,12,15,18H,2,6-11,13H2,1H3,(H,19,20). The van der Waals surface area contributed by atoms with Crippen molar-refractivity contribution in [3.63, 3.8) is 0 Å². The van der Waals surface area contributed by atoms with Crippen molar-refractivity contribution >= 4 is 11.6 Å². The number of anilines is 1. The summed E-state index contributed by atoms with van der Waals surface area (Å²) in [6, 6.07) is 7.84. The zero-order valence-electron chi connectivity index (χ0n) is 13.3. The molecule has 0 saturated carbocycles. The fraction of sp³-hybridized carbons (Fsp3) is 0.588. The molecule has 1 aromatic carbocycles. The number of hydrogen-bond acceptors (Lipinski definition) is 4. The first kappa shape index (κ1) is 16.9. The third kappa shape index (κ3) is 5.75. The smallest absolute Gasteiger partial charge is 0.227 e. The van der Waals surface area contributed by atoms with E-state index in [0.717, 1.165) is 37.2 Å². The normalized spacial score (nSPS) is 15.7. The fourth-order valence-electron chi connectivity index (χ4n) is 2.52. The van der Waals surface area contributed by atoms with Gasteiger partial charge in [0.2, 0.25) is 5.91 Å². The van der Waals surface area contributed by atoms with Crippen molar-refractivity contribution in [2.45, 2.75) is 26.4 Å². The minimum absolute atomic E-state index is 0.118. The van der Waals surface area contributed by atoms with Gasteiger partial charge in [-0.15, -0.1) is 0 Å². The van der Waals surface area contributed by atoms with Gasteiger partial charge in [0.15, 0.2) is 0 Å². The molecule has 2 N–H and O–H groups in total. The maximum Gasteiger partial charge on any atom is 0.227 e. The summed E-state index contributed by atoms with van der Waals surface area (Å²) in [7, 11) is 0. The summed E-state index contributed by atoms with van der Waals surface area (Å²) < 4.78 is 10.8. The zero-order valence-corrected chi connectivity index (χ0v) is 13.3.